The van der Waals surface area contributed by atoms with Crippen LogP contribution in [0.25, 0.3) is 10.9 Å². The van der Waals surface area contributed by atoms with E-state index in [0.717, 1.165) is 41.0 Å². The van der Waals surface area contributed by atoms with Gasteiger partial charge in [-0.2, -0.15) is 0 Å². The van der Waals surface area contributed by atoms with Crippen molar-refractivity contribution in [2.75, 3.05) is 20.7 Å². The Labute approximate surface area is 217 Å². The predicted octanol–water partition coefficient (Wildman–Crippen LogP) is 3.14. The second-order valence-electron chi connectivity index (χ2n) is 9.48. The molecular weight excluding hydrogens is 502 g/mol. The fourth-order valence-corrected chi connectivity index (χ4v) is 6.28. The molecule has 0 spiro atoms. The molecule has 36 heavy (non-hydrogen) atoms. The molecule has 0 bridgehead atoms. The Morgan fingerprint density at radius 2 is 1.97 bits per heavy atom. The van der Waals surface area contributed by atoms with Crippen LogP contribution in [0, 0.1) is 5.92 Å². The van der Waals surface area contributed by atoms with Gasteiger partial charge in [0.2, 0.25) is 0 Å². The summed E-state index contributed by atoms with van der Waals surface area (Å²) in [6.07, 6.45) is 2.30. The lowest BCUT2D eigenvalue weighted by atomic mass is 9.82. The van der Waals surface area contributed by atoms with E-state index in [4.69, 9.17) is 16.3 Å². The summed E-state index contributed by atoms with van der Waals surface area (Å²) in [5, 5.41) is 7.95. The van der Waals surface area contributed by atoms with Gasteiger partial charge in [-0.15, -0.1) is 11.3 Å². The molecule has 2 aromatic heterocycles. The fraction of sp³-hybridized carbons (Fsp3) is 0.440. The number of amides is 2. The standard InChI is InChI=1S/C25H28ClN5O4S/c1-31-8-7-18-21(12-31)36-24(30-18)23(33)28-17-5-3-13(25(34)35-2)10-19(17)29-22(32)20-11-14-9-15(26)4-6-16(14)27-20/h4,6,9,11,13,17,19,27H,3,5,7-8,10,12H2,1-2H3,(H,28,33)(H,29,32). The third-order valence-corrected chi connectivity index (χ3v) is 8.28. The van der Waals surface area contributed by atoms with Crippen molar-refractivity contribution < 1.29 is 19.1 Å². The van der Waals surface area contributed by atoms with E-state index < -0.39 is 6.04 Å². The van der Waals surface area contributed by atoms with Gasteiger partial charge >= 0.3 is 5.97 Å². The van der Waals surface area contributed by atoms with Gasteiger partial charge < -0.3 is 25.3 Å². The van der Waals surface area contributed by atoms with Gasteiger partial charge in [0.15, 0.2) is 5.01 Å². The molecule has 1 saturated carbocycles. The first-order valence-electron chi connectivity index (χ1n) is 12.0. The highest BCUT2D eigenvalue weighted by Gasteiger charge is 2.37. The number of hydrogen-bond acceptors (Lipinski definition) is 7. The maximum Gasteiger partial charge on any atom is 0.308 e. The van der Waals surface area contributed by atoms with Crippen molar-refractivity contribution in [3.63, 3.8) is 0 Å². The Balaban J connectivity index is 1.33. The van der Waals surface area contributed by atoms with E-state index in [9.17, 15) is 14.4 Å². The highest BCUT2D eigenvalue weighted by Crippen LogP contribution is 2.28. The quantitative estimate of drug-likeness (QED) is 0.437. The minimum atomic E-state index is -0.449. The number of methoxy groups -OCH3 is 1. The number of benzene rings is 1. The van der Waals surface area contributed by atoms with Crippen molar-refractivity contribution in [1.29, 1.82) is 0 Å². The highest BCUT2D eigenvalue weighted by atomic mass is 35.5. The van der Waals surface area contributed by atoms with E-state index in [2.05, 4.69) is 32.5 Å². The number of carbonyl (C=O) groups excluding carboxylic acids is 3. The average Bonchev–Trinajstić information content (AvgIpc) is 3.48. The number of H-pyrrole nitrogens is 1. The van der Waals surface area contributed by atoms with Gasteiger partial charge in [0.25, 0.3) is 11.8 Å². The molecule has 11 heteroatoms. The van der Waals surface area contributed by atoms with Crippen molar-refractivity contribution in [3.8, 4) is 0 Å². The van der Waals surface area contributed by atoms with Gasteiger partial charge in [0, 0.05) is 46.4 Å². The molecule has 1 fully saturated rings. The predicted molar refractivity (Wildman–Crippen MR) is 137 cm³/mol. The zero-order valence-corrected chi connectivity index (χ0v) is 21.7. The molecule has 9 nitrogen and oxygen atoms in total. The number of thiazole rings is 1. The number of likely N-dealkylation sites (N-methyl/N-ethyl adjacent to an activating group) is 1. The van der Waals surface area contributed by atoms with Crippen LogP contribution in [0.3, 0.4) is 0 Å². The number of hydrogen-bond donors (Lipinski definition) is 3. The summed E-state index contributed by atoms with van der Waals surface area (Å²) >= 11 is 7.49. The molecular formula is C25H28ClN5O4S. The molecule has 3 N–H and O–H groups in total. The van der Waals surface area contributed by atoms with Crippen molar-refractivity contribution >= 4 is 51.6 Å². The lowest BCUT2D eigenvalue weighted by Gasteiger charge is -2.35. The number of rotatable bonds is 5. The van der Waals surface area contributed by atoms with Gasteiger partial charge in [-0.3, -0.25) is 14.4 Å². The van der Waals surface area contributed by atoms with Crippen LogP contribution in [0.1, 0.15) is 50.1 Å². The van der Waals surface area contributed by atoms with Crippen LogP contribution in [-0.2, 0) is 22.5 Å². The minimum Gasteiger partial charge on any atom is -0.469 e. The molecule has 0 saturated heterocycles. The first-order chi connectivity index (χ1) is 17.3. The molecule has 2 aliphatic rings. The summed E-state index contributed by atoms with van der Waals surface area (Å²) in [4.78, 5) is 49.6. The van der Waals surface area contributed by atoms with E-state index >= 15 is 0 Å². The number of aromatic amines is 1. The Hall–Kier alpha value is -2.95. The summed E-state index contributed by atoms with van der Waals surface area (Å²) < 4.78 is 4.95. The Morgan fingerprint density at radius 3 is 2.78 bits per heavy atom. The van der Waals surface area contributed by atoms with E-state index in [1.165, 1.54) is 18.4 Å². The number of nitrogens with zero attached hydrogens (tertiary/aromatic N) is 2. The van der Waals surface area contributed by atoms with Gasteiger partial charge in [-0.1, -0.05) is 11.6 Å². The molecule has 1 aliphatic heterocycles. The Bertz CT molecular complexity index is 1320. The molecule has 0 radical (unpaired) electrons. The van der Waals surface area contributed by atoms with E-state index in [1.807, 2.05) is 6.07 Å². The van der Waals surface area contributed by atoms with Crippen LogP contribution in [0.5, 0.6) is 0 Å². The van der Waals surface area contributed by atoms with Crippen LogP contribution >= 0.6 is 22.9 Å². The van der Waals surface area contributed by atoms with Gasteiger partial charge in [0.05, 0.1) is 24.8 Å². The second-order valence-corrected chi connectivity index (χ2v) is 11.0. The number of halogens is 1. The highest BCUT2D eigenvalue weighted by molar-refractivity contribution is 7.13. The monoisotopic (exact) mass is 529 g/mol. The smallest absolute Gasteiger partial charge is 0.308 e. The zero-order valence-electron chi connectivity index (χ0n) is 20.1. The molecule has 190 valence electrons. The summed E-state index contributed by atoms with van der Waals surface area (Å²) in [7, 11) is 3.41. The SMILES string of the molecule is COC(=O)C1CCC(NC(=O)c2nc3c(s2)CN(C)CC3)C(NC(=O)c2cc3cc(Cl)ccc3[nH]2)C1. The Kier molecular flexibility index (Phi) is 7.00. The maximum atomic E-state index is 13.2. The molecule has 3 heterocycles. The number of carbonyl (C=O) groups is 3. The molecule has 3 atom stereocenters. The lowest BCUT2D eigenvalue weighted by molar-refractivity contribution is -0.146. The molecule has 5 rings (SSSR count). The zero-order chi connectivity index (χ0) is 25.4. The van der Waals surface area contributed by atoms with Gasteiger partial charge in [-0.25, -0.2) is 4.98 Å². The van der Waals surface area contributed by atoms with Crippen molar-refractivity contribution in [1.82, 2.24) is 25.5 Å². The van der Waals surface area contributed by atoms with Crippen LogP contribution in [-0.4, -0.2) is 65.4 Å². The van der Waals surface area contributed by atoms with Crippen molar-refractivity contribution in [2.24, 2.45) is 5.92 Å². The van der Waals surface area contributed by atoms with Crippen LogP contribution in [0.2, 0.25) is 5.02 Å². The largest absolute Gasteiger partial charge is 0.469 e. The maximum absolute atomic E-state index is 13.2. The first kappa shape index (κ1) is 24.7. The fourth-order valence-electron chi connectivity index (χ4n) is 5.01. The molecule has 2 amide bonds. The third-order valence-electron chi connectivity index (χ3n) is 6.96. The summed E-state index contributed by atoms with van der Waals surface area (Å²) in [6.45, 7) is 1.71. The van der Waals surface area contributed by atoms with Crippen molar-refractivity contribution in [3.05, 3.63) is 50.6 Å². The minimum absolute atomic E-state index is 0.252. The topological polar surface area (TPSA) is 116 Å². The number of ether oxygens (including phenoxy) is 1. The van der Waals surface area contributed by atoms with E-state index in [1.54, 1.807) is 18.2 Å². The van der Waals surface area contributed by atoms with Crippen LogP contribution in [0.4, 0.5) is 0 Å². The summed E-state index contributed by atoms with van der Waals surface area (Å²) in [6, 6.07) is 6.30. The molecule has 1 aliphatic carbocycles. The number of nitrogens with one attached hydrogen (secondary N) is 3. The second kappa shape index (κ2) is 10.2. The number of esters is 1. The summed E-state index contributed by atoms with van der Waals surface area (Å²) in [5.41, 5.74) is 2.17. The normalized spacial score (nSPS) is 22.1. The summed E-state index contributed by atoms with van der Waals surface area (Å²) in [5.74, 6) is -1.23. The van der Waals surface area contributed by atoms with E-state index in [-0.39, 0.29) is 29.7 Å². The molecule has 1 aromatic carbocycles. The third kappa shape index (κ3) is 5.11. The lowest BCUT2D eigenvalue weighted by Crippen LogP contribution is -2.55. The molecule has 3 aromatic rings. The Morgan fingerprint density at radius 1 is 1.17 bits per heavy atom. The molecule has 3 unspecified atom stereocenters. The van der Waals surface area contributed by atoms with Gasteiger partial charge in [0.1, 0.15) is 5.69 Å². The van der Waals surface area contributed by atoms with Crippen molar-refractivity contribution in [2.45, 2.75) is 44.3 Å². The van der Waals surface area contributed by atoms with E-state index in [0.29, 0.717) is 35.0 Å². The number of fused-ring (bicyclic) bond motifs is 2. The number of aromatic nitrogens is 2. The average molecular weight is 530 g/mol. The van der Waals surface area contributed by atoms with Crippen LogP contribution in [0.15, 0.2) is 24.3 Å². The first-order valence-corrected chi connectivity index (χ1v) is 13.1. The van der Waals surface area contributed by atoms with Gasteiger partial charge in [-0.05, 0) is 50.6 Å². The van der Waals surface area contributed by atoms with Crippen LogP contribution < -0.4 is 10.6 Å².